The Morgan fingerprint density at radius 2 is 1.94 bits per heavy atom. The fourth-order valence-electron chi connectivity index (χ4n) is 4.17. The molecule has 4 atom stereocenters. The van der Waals surface area contributed by atoms with E-state index in [0.29, 0.717) is 12.0 Å². The highest BCUT2D eigenvalue weighted by Gasteiger charge is 2.51. The lowest BCUT2D eigenvalue weighted by atomic mass is 9.76. The van der Waals surface area contributed by atoms with Gasteiger partial charge in [-0.2, -0.15) is 0 Å². The Morgan fingerprint density at radius 1 is 1.12 bits per heavy atom. The average molecular weight is 213 g/mol. The summed E-state index contributed by atoms with van der Waals surface area (Å²) in [4.78, 5) is 12.0. The van der Waals surface area contributed by atoms with E-state index in [1.807, 2.05) is 12.1 Å². The van der Waals surface area contributed by atoms with Crippen LogP contribution in [0.3, 0.4) is 0 Å². The molecule has 1 aromatic carbocycles. The lowest BCUT2D eigenvalue weighted by Gasteiger charge is -2.37. The van der Waals surface area contributed by atoms with Crippen LogP contribution in [0.25, 0.3) is 0 Å². The van der Waals surface area contributed by atoms with E-state index < -0.39 is 0 Å². The average Bonchev–Trinajstić information content (AvgIpc) is 2.90. The van der Waals surface area contributed by atoms with Crippen molar-refractivity contribution in [2.45, 2.75) is 31.2 Å². The van der Waals surface area contributed by atoms with E-state index >= 15 is 0 Å². The molecule has 2 aliphatic carbocycles. The summed E-state index contributed by atoms with van der Waals surface area (Å²) in [6.07, 6.45) is 3.99. The summed E-state index contributed by atoms with van der Waals surface area (Å²) in [5.74, 6) is 2.31. The summed E-state index contributed by atoms with van der Waals surface area (Å²) in [6, 6.07) is 8.59. The van der Waals surface area contributed by atoms with Gasteiger partial charge in [0.2, 0.25) is 0 Å². The largest absolute Gasteiger partial charge is 0.348 e. The number of amides is 1. The van der Waals surface area contributed by atoms with Gasteiger partial charge < -0.3 is 5.32 Å². The van der Waals surface area contributed by atoms with Gasteiger partial charge in [-0.15, -0.1) is 0 Å². The van der Waals surface area contributed by atoms with E-state index in [-0.39, 0.29) is 5.91 Å². The van der Waals surface area contributed by atoms with Crippen LogP contribution in [0.1, 0.15) is 41.1 Å². The van der Waals surface area contributed by atoms with Gasteiger partial charge in [-0.05, 0) is 42.7 Å². The standard InChI is InChI=1S/C14H15NO/c16-14-11-4-2-1-3-10(11)12-8-5-6-9(7-8)13(12)15-14/h1-4,8-9,12-13H,5-7H2,(H,15,16)/t8-,9+,12-,13-/m0/s1. The SMILES string of the molecule is O=C1N[C@H]2[C@@H]3CC[C@@H](C3)[C@H]2c2ccccc21. The second-order valence-electron chi connectivity index (χ2n) is 5.45. The first kappa shape index (κ1) is 8.80. The fourth-order valence-corrected chi connectivity index (χ4v) is 4.17. The van der Waals surface area contributed by atoms with Crippen molar-refractivity contribution in [2.75, 3.05) is 0 Å². The molecule has 2 fully saturated rings. The first-order chi connectivity index (χ1) is 7.84. The second kappa shape index (κ2) is 2.88. The normalized spacial score (nSPS) is 39.1. The molecule has 0 radical (unpaired) electrons. The number of rotatable bonds is 0. The number of carbonyl (C=O) groups is 1. The molecule has 4 rings (SSSR count). The van der Waals surface area contributed by atoms with E-state index in [1.165, 1.54) is 24.8 Å². The number of fused-ring (bicyclic) bond motifs is 7. The van der Waals surface area contributed by atoms with Crippen LogP contribution in [-0.2, 0) is 0 Å². The molecule has 0 spiro atoms. The molecule has 1 N–H and O–H groups in total. The van der Waals surface area contributed by atoms with Crippen molar-refractivity contribution in [1.82, 2.24) is 5.32 Å². The Balaban J connectivity index is 1.88. The van der Waals surface area contributed by atoms with Crippen molar-refractivity contribution in [3.05, 3.63) is 35.4 Å². The minimum atomic E-state index is 0.143. The van der Waals surface area contributed by atoms with E-state index in [9.17, 15) is 4.79 Å². The van der Waals surface area contributed by atoms with Crippen LogP contribution in [-0.4, -0.2) is 11.9 Å². The van der Waals surface area contributed by atoms with E-state index in [2.05, 4.69) is 17.4 Å². The smallest absolute Gasteiger partial charge is 0.251 e. The van der Waals surface area contributed by atoms with Crippen molar-refractivity contribution < 1.29 is 4.79 Å². The predicted octanol–water partition coefficient (Wildman–Crippen LogP) is 2.31. The molecule has 2 bridgehead atoms. The molecule has 16 heavy (non-hydrogen) atoms. The molecular formula is C14H15NO. The highest BCUT2D eigenvalue weighted by molar-refractivity contribution is 5.97. The van der Waals surface area contributed by atoms with Gasteiger partial charge in [0.05, 0.1) is 0 Å². The Hall–Kier alpha value is -1.31. The Morgan fingerprint density at radius 3 is 2.88 bits per heavy atom. The predicted molar refractivity (Wildman–Crippen MR) is 61.3 cm³/mol. The van der Waals surface area contributed by atoms with Crippen LogP contribution in [0.2, 0.25) is 0 Å². The molecule has 82 valence electrons. The van der Waals surface area contributed by atoms with Crippen molar-refractivity contribution >= 4 is 5.91 Å². The van der Waals surface area contributed by atoms with Crippen molar-refractivity contribution in [3.8, 4) is 0 Å². The molecule has 1 aliphatic heterocycles. The maximum absolute atomic E-state index is 12.0. The van der Waals surface area contributed by atoms with Gasteiger partial charge in [0.1, 0.15) is 0 Å². The van der Waals surface area contributed by atoms with E-state index in [4.69, 9.17) is 0 Å². The molecule has 1 heterocycles. The zero-order valence-corrected chi connectivity index (χ0v) is 9.15. The van der Waals surface area contributed by atoms with E-state index in [1.54, 1.807) is 0 Å². The summed E-state index contributed by atoms with van der Waals surface area (Å²) in [5.41, 5.74) is 2.22. The molecule has 0 aromatic heterocycles. The molecule has 0 unspecified atom stereocenters. The second-order valence-corrected chi connectivity index (χ2v) is 5.45. The van der Waals surface area contributed by atoms with Crippen molar-refractivity contribution in [2.24, 2.45) is 11.8 Å². The van der Waals surface area contributed by atoms with Crippen LogP contribution in [0.5, 0.6) is 0 Å². The van der Waals surface area contributed by atoms with Crippen molar-refractivity contribution in [3.63, 3.8) is 0 Å². The minimum absolute atomic E-state index is 0.143. The van der Waals surface area contributed by atoms with Gasteiger partial charge in [-0.3, -0.25) is 4.79 Å². The van der Waals surface area contributed by atoms with Crippen LogP contribution in [0, 0.1) is 11.8 Å². The quantitative estimate of drug-likeness (QED) is 0.704. The molecule has 1 amide bonds. The van der Waals surface area contributed by atoms with Crippen LogP contribution in [0.4, 0.5) is 0 Å². The number of hydrogen-bond donors (Lipinski definition) is 1. The number of nitrogens with one attached hydrogen (secondary N) is 1. The first-order valence-corrected chi connectivity index (χ1v) is 6.24. The topological polar surface area (TPSA) is 29.1 Å². The molecule has 0 saturated heterocycles. The van der Waals surface area contributed by atoms with Crippen molar-refractivity contribution in [1.29, 1.82) is 0 Å². The summed E-state index contributed by atoms with van der Waals surface area (Å²) in [5, 5.41) is 3.23. The molecular weight excluding hydrogens is 198 g/mol. The Bertz CT molecular complexity index is 468. The Kier molecular flexibility index (Phi) is 1.58. The lowest BCUT2D eigenvalue weighted by molar-refractivity contribution is 0.0895. The Labute approximate surface area is 95.0 Å². The highest BCUT2D eigenvalue weighted by atomic mass is 16.1. The maximum atomic E-state index is 12.0. The first-order valence-electron chi connectivity index (χ1n) is 6.24. The summed E-state index contributed by atoms with van der Waals surface area (Å²) >= 11 is 0. The molecule has 2 heteroatoms. The third kappa shape index (κ3) is 0.952. The zero-order chi connectivity index (χ0) is 10.7. The summed E-state index contributed by atoms with van der Waals surface area (Å²) in [7, 11) is 0. The van der Waals surface area contributed by atoms with Crippen LogP contribution in [0.15, 0.2) is 24.3 Å². The van der Waals surface area contributed by atoms with Gasteiger partial charge in [0.25, 0.3) is 5.91 Å². The number of benzene rings is 1. The molecule has 2 saturated carbocycles. The summed E-state index contributed by atoms with van der Waals surface area (Å²) < 4.78 is 0. The summed E-state index contributed by atoms with van der Waals surface area (Å²) in [6.45, 7) is 0. The van der Waals surface area contributed by atoms with Crippen LogP contribution < -0.4 is 5.32 Å². The monoisotopic (exact) mass is 213 g/mol. The molecule has 2 nitrogen and oxygen atoms in total. The van der Waals surface area contributed by atoms with Gasteiger partial charge in [-0.25, -0.2) is 0 Å². The third-order valence-electron chi connectivity index (χ3n) is 4.78. The molecule has 3 aliphatic rings. The van der Waals surface area contributed by atoms with Gasteiger partial charge in [0, 0.05) is 17.5 Å². The van der Waals surface area contributed by atoms with Gasteiger partial charge in [-0.1, -0.05) is 18.2 Å². The maximum Gasteiger partial charge on any atom is 0.251 e. The van der Waals surface area contributed by atoms with Crippen LogP contribution >= 0.6 is 0 Å². The fraction of sp³-hybridized carbons (Fsp3) is 0.500. The van der Waals surface area contributed by atoms with Gasteiger partial charge in [0.15, 0.2) is 0 Å². The van der Waals surface area contributed by atoms with E-state index in [0.717, 1.165) is 17.4 Å². The number of hydrogen-bond acceptors (Lipinski definition) is 1. The zero-order valence-electron chi connectivity index (χ0n) is 9.15. The molecule has 1 aromatic rings. The number of carbonyl (C=O) groups excluding carboxylic acids is 1. The van der Waals surface area contributed by atoms with Gasteiger partial charge >= 0.3 is 0 Å². The highest BCUT2D eigenvalue weighted by Crippen LogP contribution is 2.54. The lowest BCUT2D eigenvalue weighted by Crippen LogP contribution is -2.47. The third-order valence-corrected chi connectivity index (χ3v) is 4.78. The minimum Gasteiger partial charge on any atom is -0.348 e.